The topological polar surface area (TPSA) is 55.6 Å². The number of methoxy groups -OCH3 is 1. The molecule has 0 rings (SSSR count). The molecule has 0 saturated heterocycles. The van der Waals surface area contributed by atoms with Crippen molar-refractivity contribution in [3.05, 3.63) is 0 Å². The average molecular weight is 317 g/mol. The minimum atomic E-state index is -0.693. The molecule has 0 radical (unpaired) electrons. The lowest BCUT2D eigenvalue weighted by molar-refractivity contribution is -0.140. The fraction of sp³-hybridized carbons (Fsp3) is 0.875. The number of nitrogens with two attached hydrogens (primary N) is 1. The van der Waals surface area contributed by atoms with E-state index in [0.29, 0.717) is 30.6 Å². The second-order valence-electron chi connectivity index (χ2n) is 6.08. The van der Waals surface area contributed by atoms with E-state index in [9.17, 15) is 4.79 Å². The molecule has 0 unspecified atom stereocenters. The fourth-order valence-electron chi connectivity index (χ4n) is 2.76. The Morgan fingerprint density at radius 2 is 1.81 bits per heavy atom. The normalized spacial score (nSPS) is 11.7. The summed E-state index contributed by atoms with van der Waals surface area (Å²) >= 11 is 5.28. The maximum atomic E-state index is 13.1. The van der Waals surface area contributed by atoms with Crippen molar-refractivity contribution in [3.63, 3.8) is 0 Å². The van der Waals surface area contributed by atoms with E-state index in [2.05, 4.69) is 27.7 Å². The fourth-order valence-corrected chi connectivity index (χ4v) is 3.06. The molecule has 124 valence electrons. The number of ether oxygens (including phenoxy) is 1. The maximum Gasteiger partial charge on any atom is 0.235 e. The van der Waals surface area contributed by atoms with Crippen molar-refractivity contribution in [2.75, 3.05) is 26.8 Å². The van der Waals surface area contributed by atoms with Gasteiger partial charge in [0, 0.05) is 20.2 Å². The zero-order valence-corrected chi connectivity index (χ0v) is 15.1. The summed E-state index contributed by atoms with van der Waals surface area (Å²) in [7, 11) is 1.65. The van der Waals surface area contributed by atoms with Crippen LogP contribution in [0.25, 0.3) is 0 Å². The number of hydrogen-bond donors (Lipinski definition) is 1. The molecule has 0 aliphatic carbocycles. The minimum Gasteiger partial charge on any atom is -0.392 e. The molecule has 0 aliphatic rings. The number of carbonyl (C=O) groups is 1. The van der Waals surface area contributed by atoms with Gasteiger partial charge < -0.3 is 15.4 Å². The first-order valence-corrected chi connectivity index (χ1v) is 8.34. The van der Waals surface area contributed by atoms with Crippen molar-refractivity contribution in [1.29, 1.82) is 0 Å². The van der Waals surface area contributed by atoms with E-state index in [0.717, 1.165) is 25.7 Å². The second-order valence-corrected chi connectivity index (χ2v) is 6.52. The summed E-state index contributed by atoms with van der Waals surface area (Å²) in [6.07, 6.45) is 3.22. The molecule has 0 aliphatic heterocycles. The average Bonchev–Trinajstić information content (AvgIpc) is 2.41. The molecule has 0 spiro atoms. The first kappa shape index (κ1) is 20.3. The van der Waals surface area contributed by atoms with Crippen molar-refractivity contribution < 1.29 is 9.53 Å². The summed E-state index contributed by atoms with van der Waals surface area (Å²) < 4.78 is 5.14. The largest absolute Gasteiger partial charge is 0.392 e. The van der Waals surface area contributed by atoms with Crippen LogP contribution >= 0.6 is 12.2 Å². The molecule has 0 aromatic heterocycles. The van der Waals surface area contributed by atoms with Gasteiger partial charge in [0.1, 0.15) is 0 Å². The van der Waals surface area contributed by atoms with E-state index < -0.39 is 5.41 Å². The third kappa shape index (κ3) is 5.91. The summed E-state index contributed by atoms with van der Waals surface area (Å²) in [6, 6.07) is 0. The molecule has 21 heavy (non-hydrogen) atoms. The van der Waals surface area contributed by atoms with E-state index in [-0.39, 0.29) is 5.91 Å². The number of amides is 1. The van der Waals surface area contributed by atoms with E-state index >= 15 is 0 Å². The van der Waals surface area contributed by atoms with Crippen LogP contribution in [0.15, 0.2) is 0 Å². The van der Waals surface area contributed by atoms with Crippen LogP contribution in [0, 0.1) is 11.3 Å². The molecular formula is C16H32N2O2S. The number of nitrogens with zero attached hydrogens (tertiary/aromatic N) is 1. The van der Waals surface area contributed by atoms with E-state index in [1.807, 2.05) is 4.90 Å². The number of rotatable bonds is 11. The molecule has 0 aromatic carbocycles. The minimum absolute atomic E-state index is 0.0736. The van der Waals surface area contributed by atoms with Gasteiger partial charge in [0.05, 0.1) is 17.0 Å². The van der Waals surface area contributed by atoms with Gasteiger partial charge in [-0.15, -0.1) is 0 Å². The second kappa shape index (κ2) is 10.1. The molecule has 0 saturated carbocycles. The van der Waals surface area contributed by atoms with Gasteiger partial charge >= 0.3 is 0 Å². The first-order valence-electron chi connectivity index (χ1n) is 7.93. The van der Waals surface area contributed by atoms with Crippen molar-refractivity contribution in [3.8, 4) is 0 Å². The molecule has 0 fully saturated rings. The summed E-state index contributed by atoms with van der Waals surface area (Å²) in [5.41, 5.74) is 5.30. The highest BCUT2D eigenvalue weighted by atomic mass is 32.1. The monoisotopic (exact) mass is 316 g/mol. The van der Waals surface area contributed by atoms with Crippen LogP contribution in [0.5, 0.6) is 0 Å². The van der Waals surface area contributed by atoms with Crippen LogP contribution in [0.2, 0.25) is 0 Å². The van der Waals surface area contributed by atoms with E-state index in [4.69, 9.17) is 22.7 Å². The van der Waals surface area contributed by atoms with Crippen molar-refractivity contribution in [2.24, 2.45) is 17.1 Å². The van der Waals surface area contributed by atoms with Crippen LogP contribution in [-0.2, 0) is 9.53 Å². The summed E-state index contributed by atoms with van der Waals surface area (Å²) in [4.78, 5) is 15.3. The molecule has 5 heteroatoms. The highest BCUT2D eigenvalue weighted by Crippen LogP contribution is 2.33. The number of hydrogen-bond acceptors (Lipinski definition) is 3. The lowest BCUT2D eigenvalue weighted by Gasteiger charge is -2.37. The molecule has 4 nitrogen and oxygen atoms in total. The van der Waals surface area contributed by atoms with Crippen LogP contribution in [0.3, 0.4) is 0 Å². The van der Waals surface area contributed by atoms with Gasteiger partial charge in [-0.1, -0.05) is 52.8 Å². The van der Waals surface area contributed by atoms with Crippen LogP contribution in [-0.4, -0.2) is 42.6 Å². The lowest BCUT2D eigenvalue weighted by Crippen LogP contribution is -2.52. The van der Waals surface area contributed by atoms with Gasteiger partial charge in [-0.25, -0.2) is 0 Å². The predicted octanol–water partition coefficient (Wildman–Crippen LogP) is 2.99. The quantitative estimate of drug-likeness (QED) is 0.595. The molecule has 2 N–H and O–H groups in total. The number of thiocarbonyl (C=S) groups is 1. The van der Waals surface area contributed by atoms with E-state index in [1.165, 1.54) is 0 Å². The Bertz CT molecular complexity index is 326. The molecular weight excluding hydrogens is 284 g/mol. The first-order chi connectivity index (χ1) is 9.85. The highest BCUT2D eigenvalue weighted by Gasteiger charge is 2.42. The Morgan fingerprint density at radius 1 is 1.29 bits per heavy atom. The van der Waals surface area contributed by atoms with Gasteiger partial charge in [0.25, 0.3) is 0 Å². The maximum absolute atomic E-state index is 13.1. The van der Waals surface area contributed by atoms with Gasteiger partial charge in [-0.3, -0.25) is 4.79 Å². The number of carbonyl (C=O) groups excluding carboxylic acids is 1. The highest BCUT2D eigenvalue weighted by molar-refractivity contribution is 7.80. The van der Waals surface area contributed by atoms with Gasteiger partial charge in [0.15, 0.2) is 0 Å². The zero-order valence-electron chi connectivity index (χ0n) is 14.3. The molecule has 1 amide bonds. The molecule has 0 atom stereocenters. The van der Waals surface area contributed by atoms with Gasteiger partial charge in [-0.05, 0) is 18.8 Å². The Hall–Kier alpha value is -0.680. The van der Waals surface area contributed by atoms with Gasteiger partial charge in [0.2, 0.25) is 5.91 Å². The molecule has 0 bridgehead atoms. The Balaban J connectivity index is 5.38. The smallest absolute Gasteiger partial charge is 0.235 e. The van der Waals surface area contributed by atoms with Crippen LogP contribution < -0.4 is 5.73 Å². The third-order valence-electron chi connectivity index (χ3n) is 3.67. The summed E-state index contributed by atoms with van der Waals surface area (Å²) in [6.45, 7) is 10.2. The Labute approximate surface area is 135 Å². The third-order valence-corrected chi connectivity index (χ3v) is 4.06. The predicted molar refractivity (Wildman–Crippen MR) is 92.3 cm³/mol. The Kier molecular flexibility index (Phi) is 9.79. The SMILES string of the molecule is CCCC(CCC)(C(=O)N(CCOC)CC(C)C)C(N)=S. The van der Waals surface area contributed by atoms with E-state index in [1.54, 1.807) is 7.11 Å². The standard InChI is InChI=1S/C16H32N2O2S/c1-6-8-16(9-7-2,14(17)21)15(19)18(10-11-20-5)12-13(3)4/h13H,6-12H2,1-5H3,(H2,17,21). The molecule has 0 heterocycles. The van der Waals surface area contributed by atoms with Crippen molar-refractivity contribution in [1.82, 2.24) is 4.90 Å². The van der Waals surface area contributed by atoms with Gasteiger partial charge in [-0.2, -0.15) is 0 Å². The zero-order chi connectivity index (χ0) is 16.5. The summed E-state index contributed by atoms with van der Waals surface area (Å²) in [5, 5.41) is 0. The van der Waals surface area contributed by atoms with Crippen molar-refractivity contribution >= 4 is 23.1 Å². The van der Waals surface area contributed by atoms with Crippen LogP contribution in [0.4, 0.5) is 0 Å². The molecule has 0 aromatic rings. The lowest BCUT2D eigenvalue weighted by atomic mass is 9.77. The Morgan fingerprint density at radius 3 is 2.14 bits per heavy atom. The van der Waals surface area contributed by atoms with Crippen molar-refractivity contribution in [2.45, 2.75) is 53.4 Å². The summed E-state index contributed by atoms with van der Waals surface area (Å²) in [5.74, 6) is 0.475. The van der Waals surface area contributed by atoms with Crippen LogP contribution in [0.1, 0.15) is 53.4 Å².